The Kier molecular flexibility index (Phi) is 13.1. The lowest BCUT2D eigenvalue weighted by Gasteiger charge is -2.31. The van der Waals surface area contributed by atoms with Gasteiger partial charge in [0, 0.05) is 24.2 Å². The number of ether oxygens (including phenoxy) is 6. The molecule has 3 aromatic rings. The van der Waals surface area contributed by atoms with Crippen molar-refractivity contribution >= 4 is 11.9 Å². The topological polar surface area (TPSA) is 89.5 Å². The highest BCUT2D eigenvalue weighted by atomic mass is 16.7. The third kappa shape index (κ3) is 9.88. The molecule has 244 valence electrons. The first kappa shape index (κ1) is 34.6. The number of carbonyl (C=O) groups is 2. The van der Waals surface area contributed by atoms with Gasteiger partial charge in [0.15, 0.2) is 6.29 Å². The predicted octanol–water partition coefficient (Wildman–Crippen LogP) is 7.87. The van der Waals surface area contributed by atoms with Gasteiger partial charge in [0.25, 0.3) is 0 Å². The minimum Gasteiger partial charge on any atom is -0.490 e. The van der Waals surface area contributed by atoms with Crippen LogP contribution in [0, 0.1) is 5.92 Å². The lowest BCUT2D eigenvalue weighted by atomic mass is 9.95. The van der Waals surface area contributed by atoms with E-state index in [1.54, 1.807) is 19.1 Å². The van der Waals surface area contributed by atoms with E-state index in [-0.39, 0.29) is 25.4 Å². The molecule has 3 aromatic carbocycles. The van der Waals surface area contributed by atoms with Crippen LogP contribution >= 0.6 is 0 Å². The highest BCUT2D eigenvalue weighted by molar-refractivity contribution is 5.89. The van der Waals surface area contributed by atoms with Crippen LogP contribution < -0.4 is 9.47 Å². The molecule has 4 rings (SSSR count). The number of hydrogen-bond acceptors (Lipinski definition) is 8. The van der Waals surface area contributed by atoms with Crippen LogP contribution in [-0.2, 0) is 28.5 Å². The minimum atomic E-state index is -0.537. The number of methoxy groups -OCH3 is 1. The fraction of sp³-hybridized carbons (Fsp3) is 0.368. The number of carbonyl (C=O) groups excluding carboxylic acids is 2. The van der Waals surface area contributed by atoms with Crippen LogP contribution in [0.3, 0.4) is 0 Å². The zero-order chi connectivity index (χ0) is 32.9. The third-order valence-corrected chi connectivity index (χ3v) is 7.59. The zero-order valence-electron chi connectivity index (χ0n) is 27.0. The Morgan fingerprint density at radius 3 is 2.09 bits per heavy atom. The van der Waals surface area contributed by atoms with Crippen molar-refractivity contribution in [3.05, 3.63) is 96.6 Å². The molecule has 0 radical (unpaired) electrons. The second-order valence-electron chi connectivity index (χ2n) is 11.4. The summed E-state index contributed by atoms with van der Waals surface area (Å²) >= 11 is 0. The van der Waals surface area contributed by atoms with E-state index in [4.69, 9.17) is 28.4 Å². The SMILES string of the molecule is C=C(C)C(=O)Oc1ccc(-c2ccc(-c3ccc(OCCOC(=O)C(=C)COC)cc3C3OCC(CCCCC)CO3)cc2)cc1. The molecule has 0 spiro atoms. The molecular weight excluding hydrogens is 584 g/mol. The first-order valence-corrected chi connectivity index (χ1v) is 15.7. The van der Waals surface area contributed by atoms with Gasteiger partial charge in [-0.15, -0.1) is 0 Å². The summed E-state index contributed by atoms with van der Waals surface area (Å²) < 4.78 is 34.0. The second kappa shape index (κ2) is 17.5. The summed E-state index contributed by atoms with van der Waals surface area (Å²) in [6.45, 7) is 12.7. The van der Waals surface area contributed by atoms with E-state index < -0.39 is 18.2 Å². The van der Waals surface area contributed by atoms with Crippen molar-refractivity contribution in [3.8, 4) is 33.8 Å². The summed E-state index contributed by atoms with van der Waals surface area (Å²) in [6, 6.07) is 21.4. The lowest BCUT2D eigenvalue weighted by Crippen LogP contribution is -2.27. The molecule has 1 saturated heterocycles. The molecule has 8 nitrogen and oxygen atoms in total. The van der Waals surface area contributed by atoms with Crippen LogP contribution in [0.1, 0.15) is 51.4 Å². The standard InChI is InChI=1S/C38H44O8/c1-6-7-8-9-28-24-44-38(45-25-28)35-22-33(42-20-21-43-37(40)27(4)23-41-5)18-19-34(35)31-12-10-29(11-13-31)30-14-16-32(17-15-30)46-36(39)26(2)3/h10-19,22,28,38H,2,4,6-9,20-21,23-25H2,1,3,5H3. The van der Waals surface area contributed by atoms with Crippen molar-refractivity contribution in [1.29, 1.82) is 0 Å². The highest BCUT2D eigenvalue weighted by Crippen LogP contribution is 2.37. The van der Waals surface area contributed by atoms with Crippen molar-refractivity contribution in [3.63, 3.8) is 0 Å². The molecule has 0 N–H and O–H groups in total. The van der Waals surface area contributed by atoms with Crippen LogP contribution in [-0.4, -0.2) is 52.1 Å². The molecule has 0 unspecified atom stereocenters. The van der Waals surface area contributed by atoms with Gasteiger partial charge in [-0.3, -0.25) is 0 Å². The molecule has 46 heavy (non-hydrogen) atoms. The smallest absolute Gasteiger partial charge is 0.338 e. The van der Waals surface area contributed by atoms with Crippen molar-refractivity contribution in [1.82, 2.24) is 0 Å². The van der Waals surface area contributed by atoms with Gasteiger partial charge in [-0.05, 0) is 59.9 Å². The molecule has 1 aliphatic heterocycles. The Hall–Kier alpha value is -4.24. The predicted molar refractivity (Wildman–Crippen MR) is 178 cm³/mol. The summed E-state index contributed by atoms with van der Waals surface area (Å²) in [5.74, 6) is 0.504. The fourth-order valence-electron chi connectivity index (χ4n) is 5.04. The Morgan fingerprint density at radius 1 is 0.826 bits per heavy atom. The van der Waals surface area contributed by atoms with E-state index in [0.29, 0.717) is 36.2 Å². The Bertz CT molecular complexity index is 1470. The molecule has 8 heteroatoms. The first-order chi connectivity index (χ1) is 22.3. The third-order valence-electron chi connectivity index (χ3n) is 7.59. The van der Waals surface area contributed by atoms with Gasteiger partial charge in [0.1, 0.15) is 24.7 Å². The summed E-state index contributed by atoms with van der Waals surface area (Å²) in [7, 11) is 1.50. The van der Waals surface area contributed by atoms with Crippen molar-refractivity contribution in [2.24, 2.45) is 5.92 Å². The number of unbranched alkanes of at least 4 members (excludes halogenated alkanes) is 2. The quantitative estimate of drug-likeness (QED) is 0.0685. The van der Waals surface area contributed by atoms with E-state index in [0.717, 1.165) is 34.2 Å². The summed E-state index contributed by atoms with van der Waals surface area (Å²) in [5, 5.41) is 0. The van der Waals surface area contributed by atoms with Crippen molar-refractivity contribution in [2.75, 3.05) is 40.1 Å². The molecule has 1 fully saturated rings. The highest BCUT2D eigenvalue weighted by Gasteiger charge is 2.26. The first-order valence-electron chi connectivity index (χ1n) is 15.7. The second-order valence-corrected chi connectivity index (χ2v) is 11.4. The maximum absolute atomic E-state index is 12.0. The molecular formula is C38H44O8. The maximum Gasteiger partial charge on any atom is 0.338 e. The molecule has 0 aliphatic carbocycles. The Balaban J connectivity index is 1.48. The van der Waals surface area contributed by atoms with Crippen molar-refractivity contribution < 1.29 is 38.0 Å². The van der Waals surface area contributed by atoms with Crippen LogP contribution in [0.4, 0.5) is 0 Å². The lowest BCUT2D eigenvalue weighted by molar-refractivity contribution is -0.205. The number of benzene rings is 3. The van der Waals surface area contributed by atoms with Crippen LogP contribution in [0.2, 0.25) is 0 Å². The van der Waals surface area contributed by atoms with Crippen LogP contribution in [0.15, 0.2) is 91.0 Å². The minimum absolute atomic E-state index is 0.0767. The van der Waals surface area contributed by atoms with Gasteiger partial charge >= 0.3 is 11.9 Å². The fourth-order valence-corrected chi connectivity index (χ4v) is 5.04. The van der Waals surface area contributed by atoms with Gasteiger partial charge in [0.2, 0.25) is 0 Å². The molecule has 1 heterocycles. The molecule has 0 saturated carbocycles. The van der Waals surface area contributed by atoms with E-state index in [1.165, 1.54) is 26.4 Å². The Morgan fingerprint density at radius 2 is 1.46 bits per heavy atom. The maximum atomic E-state index is 12.0. The molecule has 0 amide bonds. The Labute approximate surface area is 271 Å². The van der Waals surface area contributed by atoms with Crippen LogP contribution in [0.5, 0.6) is 11.5 Å². The number of hydrogen-bond donors (Lipinski definition) is 0. The number of rotatable bonds is 16. The van der Waals surface area contributed by atoms with E-state index >= 15 is 0 Å². The van der Waals surface area contributed by atoms with E-state index in [1.807, 2.05) is 30.3 Å². The summed E-state index contributed by atoms with van der Waals surface area (Å²) in [6.07, 6.45) is 4.12. The normalized spacial score (nSPS) is 16.0. The largest absolute Gasteiger partial charge is 0.490 e. The van der Waals surface area contributed by atoms with Gasteiger partial charge in [0.05, 0.1) is 25.4 Å². The monoisotopic (exact) mass is 628 g/mol. The molecule has 1 aliphatic rings. The molecule has 0 atom stereocenters. The summed E-state index contributed by atoms with van der Waals surface area (Å²) in [5.41, 5.74) is 5.45. The van der Waals surface area contributed by atoms with Crippen LogP contribution in [0.25, 0.3) is 22.3 Å². The van der Waals surface area contributed by atoms with Gasteiger partial charge in [-0.2, -0.15) is 0 Å². The number of esters is 2. The van der Waals surface area contributed by atoms with Gasteiger partial charge in [-0.1, -0.05) is 81.8 Å². The zero-order valence-corrected chi connectivity index (χ0v) is 27.0. The van der Waals surface area contributed by atoms with Gasteiger partial charge < -0.3 is 28.4 Å². The van der Waals surface area contributed by atoms with E-state index in [2.05, 4.69) is 44.3 Å². The van der Waals surface area contributed by atoms with Crippen molar-refractivity contribution in [2.45, 2.75) is 45.8 Å². The average Bonchev–Trinajstić information content (AvgIpc) is 3.07. The van der Waals surface area contributed by atoms with E-state index in [9.17, 15) is 9.59 Å². The molecule has 0 bridgehead atoms. The van der Waals surface area contributed by atoms with Gasteiger partial charge in [-0.25, -0.2) is 9.59 Å². The average molecular weight is 629 g/mol. The molecule has 0 aromatic heterocycles. The summed E-state index contributed by atoms with van der Waals surface area (Å²) in [4.78, 5) is 23.8.